The van der Waals surface area contributed by atoms with Gasteiger partial charge in [0.2, 0.25) is 0 Å². The highest BCUT2D eigenvalue weighted by atomic mass is 32.1. The summed E-state index contributed by atoms with van der Waals surface area (Å²) in [7, 11) is 3.21. The predicted molar refractivity (Wildman–Crippen MR) is 113 cm³/mol. The van der Waals surface area contributed by atoms with E-state index >= 15 is 0 Å². The van der Waals surface area contributed by atoms with Crippen LogP contribution in [0.1, 0.15) is 17.2 Å². The average Bonchev–Trinajstić information content (AvgIpc) is 2.74. The molecule has 0 aromatic heterocycles. The summed E-state index contributed by atoms with van der Waals surface area (Å²) in [5.41, 5.74) is 2.98. The van der Waals surface area contributed by atoms with Gasteiger partial charge in [-0.2, -0.15) is 0 Å². The number of nitrogens with zero attached hydrogens (tertiary/aromatic N) is 1. The molecule has 0 radical (unpaired) electrons. The average molecular weight is 403 g/mol. The van der Waals surface area contributed by atoms with Crippen molar-refractivity contribution in [2.45, 2.75) is 12.5 Å². The number of rotatable bonds is 6. The molecule has 2 aromatic rings. The monoisotopic (exact) mass is 402 g/mol. The number of hydrogen-bond donors (Lipinski definition) is 3. The molecule has 1 atom stereocenters. The molecule has 0 saturated heterocycles. The lowest BCUT2D eigenvalue weighted by atomic mass is 9.85. The van der Waals surface area contributed by atoms with E-state index in [0.29, 0.717) is 23.2 Å². The number of fused-ring (bicyclic) bond motifs is 1. The Morgan fingerprint density at radius 1 is 1.14 bits per heavy atom. The van der Waals surface area contributed by atoms with Gasteiger partial charge in [-0.1, -0.05) is 18.2 Å². The Kier molecular flexibility index (Phi) is 6.72. The van der Waals surface area contributed by atoms with Crippen LogP contribution in [0.15, 0.2) is 42.5 Å². The topological polar surface area (TPSA) is 74.2 Å². The minimum atomic E-state index is -0.382. The van der Waals surface area contributed by atoms with E-state index in [1.165, 1.54) is 0 Å². The molecule has 3 rings (SSSR count). The van der Waals surface area contributed by atoms with Crippen LogP contribution in [-0.4, -0.2) is 54.2 Å². The standard InChI is InChI=1S/C21H26N2O4S/c1-26-18-10-14-8-9-23(21(28)22-16-6-4-3-5-7-16)20(15(12-24)13-25)17(14)11-19(18)27-2/h3-7,10-11,15,20,24-25H,8-9,12-13H2,1-2H3,(H,22,28). The molecule has 0 saturated carbocycles. The lowest BCUT2D eigenvalue weighted by Crippen LogP contribution is -2.46. The molecule has 0 aliphatic carbocycles. The van der Waals surface area contributed by atoms with Crippen LogP contribution >= 0.6 is 12.2 Å². The number of benzene rings is 2. The maximum absolute atomic E-state index is 9.91. The van der Waals surface area contributed by atoms with E-state index in [-0.39, 0.29) is 25.2 Å². The minimum Gasteiger partial charge on any atom is -0.493 e. The number of aliphatic hydroxyl groups is 2. The van der Waals surface area contributed by atoms with Gasteiger partial charge in [0.15, 0.2) is 16.6 Å². The molecule has 7 heteroatoms. The molecule has 150 valence electrons. The Bertz CT molecular complexity index is 812. The van der Waals surface area contributed by atoms with E-state index in [4.69, 9.17) is 21.7 Å². The number of nitrogens with one attached hydrogen (secondary N) is 1. The van der Waals surface area contributed by atoms with Crippen LogP contribution in [0.5, 0.6) is 11.5 Å². The smallest absolute Gasteiger partial charge is 0.173 e. The van der Waals surface area contributed by atoms with Crippen molar-refractivity contribution >= 4 is 23.0 Å². The van der Waals surface area contributed by atoms with E-state index in [0.717, 1.165) is 23.2 Å². The summed E-state index contributed by atoms with van der Waals surface area (Å²) in [6, 6.07) is 13.3. The first-order valence-electron chi connectivity index (χ1n) is 9.22. The van der Waals surface area contributed by atoms with Gasteiger partial charge in [0.25, 0.3) is 0 Å². The van der Waals surface area contributed by atoms with Crippen LogP contribution in [0.25, 0.3) is 0 Å². The third kappa shape index (κ3) is 4.06. The van der Waals surface area contributed by atoms with E-state index < -0.39 is 0 Å². The van der Waals surface area contributed by atoms with E-state index in [1.807, 2.05) is 47.4 Å². The Morgan fingerprint density at radius 3 is 2.39 bits per heavy atom. The molecule has 1 aliphatic rings. The molecule has 28 heavy (non-hydrogen) atoms. The predicted octanol–water partition coefficient (Wildman–Crippen LogP) is 2.60. The lowest BCUT2D eigenvalue weighted by Gasteiger charge is -2.42. The van der Waals surface area contributed by atoms with Crippen LogP contribution in [0, 0.1) is 5.92 Å². The van der Waals surface area contributed by atoms with Gasteiger partial charge in [0, 0.05) is 18.2 Å². The quantitative estimate of drug-likeness (QED) is 0.642. The summed E-state index contributed by atoms with van der Waals surface area (Å²) in [6.45, 7) is 0.362. The Morgan fingerprint density at radius 2 is 1.79 bits per heavy atom. The zero-order valence-corrected chi connectivity index (χ0v) is 16.9. The summed E-state index contributed by atoms with van der Waals surface area (Å²) in [6.07, 6.45) is 0.770. The zero-order chi connectivity index (χ0) is 20.1. The SMILES string of the molecule is COc1cc2c(cc1OC)C(C(CO)CO)N(C(=S)Nc1ccccc1)CC2. The molecule has 3 N–H and O–H groups in total. The molecule has 0 fully saturated rings. The second-order valence-corrected chi connectivity index (χ2v) is 7.10. The summed E-state index contributed by atoms with van der Waals surface area (Å²) < 4.78 is 10.9. The molecule has 0 amide bonds. The largest absolute Gasteiger partial charge is 0.493 e. The first-order chi connectivity index (χ1) is 13.6. The Balaban J connectivity index is 1.99. The second-order valence-electron chi connectivity index (χ2n) is 6.72. The van der Waals surface area contributed by atoms with Crippen molar-refractivity contribution < 1.29 is 19.7 Å². The highest BCUT2D eigenvalue weighted by molar-refractivity contribution is 7.80. The van der Waals surface area contributed by atoms with Crippen LogP contribution in [0.2, 0.25) is 0 Å². The second kappa shape index (κ2) is 9.23. The number of ether oxygens (including phenoxy) is 2. The van der Waals surface area contributed by atoms with E-state index in [1.54, 1.807) is 14.2 Å². The normalized spacial score (nSPS) is 15.9. The van der Waals surface area contributed by atoms with Crippen molar-refractivity contribution in [2.75, 3.05) is 39.3 Å². The third-order valence-electron chi connectivity index (χ3n) is 5.12. The highest BCUT2D eigenvalue weighted by Crippen LogP contribution is 2.41. The van der Waals surface area contributed by atoms with Gasteiger partial charge in [0.05, 0.1) is 33.5 Å². The summed E-state index contributed by atoms with van der Waals surface area (Å²) in [5, 5.41) is 23.7. The van der Waals surface area contributed by atoms with E-state index in [2.05, 4.69) is 5.32 Å². The van der Waals surface area contributed by atoms with Crippen molar-refractivity contribution in [3.8, 4) is 11.5 Å². The highest BCUT2D eigenvalue weighted by Gasteiger charge is 2.35. The van der Waals surface area contributed by atoms with Crippen molar-refractivity contribution in [1.82, 2.24) is 4.90 Å². The lowest BCUT2D eigenvalue weighted by molar-refractivity contribution is 0.0837. The number of aliphatic hydroxyl groups excluding tert-OH is 2. The first kappa shape index (κ1) is 20.4. The molecule has 2 aromatic carbocycles. The molecule has 0 bridgehead atoms. The fourth-order valence-electron chi connectivity index (χ4n) is 3.69. The van der Waals surface area contributed by atoms with Crippen LogP contribution in [0.3, 0.4) is 0 Å². The molecular formula is C21H26N2O4S. The van der Waals surface area contributed by atoms with Gasteiger partial charge in [-0.3, -0.25) is 0 Å². The van der Waals surface area contributed by atoms with Gasteiger partial charge in [-0.05, 0) is 54.0 Å². The Labute approximate surface area is 170 Å². The molecule has 0 spiro atoms. The summed E-state index contributed by atoms with van der Waals surface area (Å²) in [4.78, 5) is 2.04. The summed E-state index contributed by atoms with van der Waals surface area (Å²) >= 11 is 5.68. The number of thiocarbonyl (C=S) groups is 1. The van der Waals surface area contributed by atoms with Crippen molar-refractivity contribution in [2.24, 2.45) is 5.92 Å². The zero-order valence-electron chi connectivity index (χ0n) is 16.1. The number of methoxy groups -OCH3 is 2. The van der Waals surface area contributed by atoms with Crippen LogP contribution < -0.4 is 14.8 Å². The van der Waals surface area contributed by atoms with Gasteiger partial charge in [-0.15, -0.1) is 0 Å². The van der Waals surface area contributed by atoms with Crippen molar-refractivity contribution in [3.63, 3.8) is 0 Å². The first-order valence-corrected chi connectivity index (χ1v) is 9.63. The third-order valence-corrected chi connectivity index (χ3v) is 5.46. The molecular weight excluding hydrogens is 376 g/mol. The van der Waals surface area contributed by atoms with Gasteiger partial charge in [0.1, 0.15) is 0 Å². The Hall–Kier alpha value is -2.35. The number of para-hydroxylation sites is 1. The molecule has 1 aliphatic heterocycles. The number of hydrogen-bond acceptors (Lipinski definition) is 5. The molecule has 1 heterocycles. The molecule has 1 unspecified atom stereocenters. The number of anilines is 1. The minimum absolute atomic E-state index is 0.153. The van der Waals surface area contributed by atoms with Gasteiger partial charge >= 0.3 is 0 Å². The maximum atomic E-state index is 9.91. The van der Waals surface area contributed by atoms with Crippen molar-refractivity contribution in [3.05, 3.63) is 53.6 Å². The van der Waals surface area contributed by atoms with Gasteiger partial charge in [-0.25, -0.2) is 0 Å². The van der Waals surface area contributed by atoms with E-state index in [9.17, 15) is 10.2 Å². The van der Waals surface area contributed by atoms with Crippen LogP contribution in [0.4, 0.5) is 5.69 Å². The summed E-state index contributed by atoms with van der Waals surface area (Å²) in [5.74, 6) is 0.903. The van der Waals surface area contributed by atoms with Crippen LogP contribution in [-0.2, 0) is 6.42 Å². The fraction of sp³-hybridized carbons (Fsp3) is 0.381. The molecule has 6 nitrogen and oxygen atoms in total. The van der Waals surface area contributed by atoms with Crippen molar-refractivity contribution in [1.29, 1.82) is 0 Å². The maximum Gasteiger partial charge on any atom is 0.173 e. The fourth-order valence-corrected chi connectivity index (χ4v) is 4.01. The van der Waals surface area contributed by atoms with Gasteiger partial charge < -0.3 is 29.9 Å².